The Kier molecular flexibility index (Phi) is 26.1. The van der Waals surface area contributed by atoms with Crippen molar-refractivity contribution in [3.05, 3.63) is 29.8 Å². The Labute approximate surface area is 411 Å². The van der Waals surface area contributed by atoms with Crippen molar-refractivity contribution in [1.29, 1.82) is 0 Å². The molecule has 10 amide bonds. The summed E-state index contributed by atoms with van der Waals surface area (Å²) >= 11 is 0. The highest BCUT2D eigenvalue weighted by Crippen LogP contribution is 2.21. The lowest BCUT2D eigenvalue weighted by atomic mass is 10.0. The number of carbonyl (C=O) groups excluding carboxylic acids is 11. The van der Waals surface area contributed by atoms with E-state index >= 15 is 0 Å². The number of phenols is 1. The van der Waals surface area contributed by atoms with Crippen LogP contribution in [0.4, 0.5) is 0 Å². The smallest absolute Gasteiger partial charge is 0.246 e. The molecule has 0 aromatic heterocycles. The molecule has 0 radical (unpaired) electrons. The Morgan fingerprint density at radius 1 is 0.662 bits per heavy atom. The van der Waals surface area contributed by atoms with E-state index in [0.29, 0.717) is 31.1 Å². The monoisotopic (exact) mass is 1000 g/mol. The molecule has 26 nitrogen and oxygen atoms in total. The molecule has 1 aliphatic heterocycles. The first-order valence-corrected chi connectivity index (χ1v) is 23.5. The number of nitrogens with zero attached hydrogens (tertiary/aromatic N) is 1. The molecule has 26 heteroatoms. The average molecular weight is 1010 g/mol. The first-order valence-electron chi connectivity index (χ1n) is 23.5. The maximum Gasteiger partial charge on any atom is 0.246 e. The van der Waals surface area contributed by atoms with E-state index in [-0.39, 0.29) is 63.3 Å². The maximum absolute atomic E-state index is 14.1. The van der Waals surface area contributed by atoms with Crippen molar-refractivity contribution in [2.45, 2.75) is 146 Å². The third kappa shape index (κ3) is 21.0. The van der Waals surface area contributed by atoms with Crippen molar-refractivity contribution in [2.24, 2.45) is 28.9 Å². The molecule has 1 heterocycles. The maximum atomic E-state index is 14.1. The molecule has 1 aromatic rings. The van der Waals surface area contributed by atoms with Crippen LogP contribution >= 0.6 is 0 Å². The largest absolute Gasteiger partial charge is 0.508 e. The predicted molar refractivity (Wildman–Crippen MR) is 253 cm³/mol. The van der Waals surface area contributed by atoms with Crippen molar-refractivity contribution in [2.75, 3.05) is 26.3 Å². The summed E-state index contributed by atoms with van der Waals surface area (Å²) in [6, 6.07) is -6.11. The minimum absolute atomic E-state index is 0.00657. The number of hydrogen-bond donors (Lipinski definition) is 14. The minimum atomic E-state index is -1.80. The Morgan fingerprint density at radius 3 is 1.68 bits per heavy atom. The molecule has 0 spiro atoms. The van der Waals surface area contributed by atoms with Gasteiger partial charge in [0, 0.05) is 25.8 Å². The van der Waals surface area contributed by atoms with Crippen molar-refractivity contribution < 1.29 is 68.1 Å². The molecule has 0 aliphatic carbocycles. The van der Waals surface area contributed by atoms with Crippen LogP contribution < -0.4 is 60.2 Å². The summed E-state index contributed by atoms with van der Waals surface area (Å²) in [7, 11) is 0. The fourth-order valence-corrected chi connectivity index (χ4v) is 7.39. The number of aldehydes is 1. The van der Waals surface area contributed by atoms with Gasteiger partial charge in [0.2, 0.25) is 59.1 Å². The van der Waals surface area contributed by atoms with Crippen molar-refractivity contribution in [1.82, 2.24) is 42.1 Å². The molecule has 0 bridgehead atoms. The second-order valence-corrected chi connectivity index (χ2v) is 17.8. The van der Waals surface area contributed by atoms with E-state index in [9.17, 15) is 68.1 Å². The molecule has 0 saturated carbocycles. The summed E-state index contributed by atoms with van der Waals surface area (Å²) in [5.74, 6) is -8.83. The highest BCUT2D eigenvalue weighted by Gasteiger charge is 2.40. The number of aliphatic hydroxyl groups is 2. The van der Waals surface area contributed by atoms with Gasteiger partial charge < -0.3 is 85.2 Å². The Bertz CT molecular complexity index is 2010. The second-order valence-electron chi connectivity index (χ2n) is 17.8. The third-order valence-corrected chi connectivity index (χ3v) is 11.3. The Balaban J connectivity index is 2.32. The van der Waals surface area contributed by atoms with E-state index in [1.54, 1.807) is 26.0 Å². The fourth-order valence-electron chi connectivity index (χ4n) is 7.39. The number of phenolic OH excluding ortho intramolecular Hbond substituents is 1. The standard InChI is InChI=1S/C45H72N12O14/c1-24(2)19-31(41(67)51-30(14-16-37(49)63)40(66)55-34(23-60)43(69)56-33(22-59)42(68)50-27(21-58)11-15-36(48)62)53-39(65)29(7-4-5-17-46)52-44(70)35-8-6-18-57(35)45(71)32(54-38(64)25(3)47)20-26-9-12-28(61)13-10-26/h9-10,12-13,21,24-25,27,29-35,59-61H,4-8,11,14-20,22-23,46-47H2,1-3H3,(H2,48,62)(H2,49,63)(H,50,68)(H,51,67)(H,52,70)(H,53,65)(H,54,64)(H,55,66)(H,56,69)/t25-,27-,29-,30-,31-,32-,33-,34-,35-/m0/s1. The summed E-state index contributed by atoms with van der Waals surface area (Å²) in [5, 5.41) is 46.7. The molecule has 18 N–H and O–H groups in total. The van der Waals surface area contributed by atoms with Gasteiger partial charge in [0.1, 0.15) is 54.3 Å². The van der Waals surface area contributed by atoms with Gasteiger partial charge in [-0.3, -0.25) is 47.9 Å². The normalized spacial score (nSPS) is 16.6. The summed E-state index contributed by atoms with van der Waals surface area (Å²) in [5.41, 5.74) is 22.5. The van der Waals surface area contributed by atoms with E-state index in [2.05, 4.69) is 37.2 Å². The molecule has 396 valence electrons. The lowest BCUT2D eigenvalue weighted by molar-refractivity contribution is -0.142. The van der Waals surface area contributed by atoms with E-state index < -0.39 is 140 Å². The van der Waals surface area contributed by atoms with Crippen LogP contribution in [0.1, 0.15) is 90.5 Å². The van der Waals surface area contributed by atoms with Crippen molar-refractivity contribution in [3.8, 4) is 5.75 Å². The molecule has 1 aromatic carbocycles. The second kappa shape index (κ2) is 30.8. The molecule has 71 heavy (non-hydrogen) atoms. The third-order valence-electron chi connectivity index (χ3n) is 11.3. The number of carbonyl (C=O) groups is 11. The van der Waals surface area contributed by atoms with Crippen LogP contribution in [0.15, 0.2) is 24.3 Å². The number of aliphatic hydroxyl groups excluding tert-OH is 2. The summed E-state index contributed by atoms with van der Waals surface area (Å²) in [6.45, 7) is 3.27. The zero-order chi connectivity index (χ0) is 53.4. The van der Waals surface area contributed by atoms with Crippen LogP contribution in [0.5, 0.6) is 5.75 Å². The Morgan fingerprint density at radius 2 is 1.15 bits per heavy atom. The summed E-state index contributed by atoms with van der Waals surface area (Å²) in [6.07, 6.45) is 0.493. The molecular formula is C45H72N12O14. The number of aromatic hydroxyl groups is 1. The van der Waals surface area contributed by atoms with E-state index in [1.165, 1.54) is 24.0 Å². The lowest BCUT2D eigenvalue weighted by Gasteiger charge is -2.31. The topological polar surface area (TPSA) is 440 Å². The molecular weight excluding hydrogens is 933 g/mol. The molecule has 1 aliphatic rings. The van der Waals surface area contributed by atoms with Gasteiger partial charge in [-0.1, -0.05) is 26.0 Å². The van der Waals surface area contributed by atoms with Gasteiger partial charge in [-0.05, 0) is 88.4 Å². The molecule has 9 atom stereocenters. The van der Waals surface area contributed by atoms with Gasteiger partial charge in [0.05, 0.1) is 25.3 Å². The van der Waals surface area contributed by atoms with Crippen LogP contribution in [-0.4, -0.2) is 166 Å². The van der Waals surface area contributed by atoms with E-state index in [0.717, 1.165) is 0 Å². The van der Waals surface area contributed by atoms with Crippen LogP contribution in [0.3, 0.4) is 0 Å². The van der Waals surface area contributed by atoms with Gasteiger partial charge >= 0.3 is 0 Å². The quantitative estimate of drug-likeness (QED) is 0.0237. The molecule has 0 unspecified atom stereocenters. The van der Waals surface area contributed by atoms with Crippen LogP contribution in [-0.2, 0) is 59.2 Å². The number of unbranched alkanes of at least 4 members (excludes halogenated alkanes) is 1. The van der Waals surface area contributed by atoms with Crippen molar-refractivity contribution >= 4 is 65.4 Å². The highest BCUT2D eigenvalue weighted by atomic mass is 16.3. The first-order chi connectivity index (χ1) is 33.5. The number of amides is 10. The number of hydrogen-bond acceptors (Lipinski definition) is 16. The molecule has 1 saturated heterocycles. The van der Waals surface area contributed by atoms with Crippen LogP contribution in [0.2, 0.25) is 0 Å². The lowest BCUT2D eigenvalue weighted by Crippen LogP contribution is -2.61. The van der Waals surface area contributed by atoms with Gasteiger partial charge in [0.25, 0.3) is 0 Å². The number of nitrogens with one attached hydrogen (secondary N) is 7. The number of primary amides is 2. The Hall–Kier alpha value is -6.77. The first kappa shape index (κ1) is 60.4. The van der Waals surface area contributed by atoms with Crippen LogP contribution in [0.25, 0.3) is 0 Å². The van der Waals surface area contributed by atoms with Gasteiger partial charge in [-0.2, -0.15) is 0 Å². The highest BCUT2D eigenvalue weighted by molar-refractivity contribution is 5.98. The molecule has 1 fully saturated rings. The molecule has 2 rings (SSSR count). The zero-order valence-corrected chi connectivity index (χ0v) is 40.4. The number of nitrogens with two attached hydrogens (primary N) is 4. The predicted octanol–water partition coefficient (Wildman–Crippen LogP) is -5.44. The number of rotatable bonds is 32. The number of likely N-dealkylation sites (tertiary alicyclic amines) is 1. The zero-order valence-electron chi connectivity index (χ0n) is 40.4. The van der Waals surface area contributed by atoms with E-state index in [4.69, 9.17) is 22.9 Å². The summed E-state index contributed by atoms with van der Waals surface area (Å²) in [4.78, 5) is 144. The average Bonchev–Trinajstić information content (AvgIpc) is 3.82. The SMILES string of the molecule is CC(C)C[C@H](NC(=O)[C@H](CCCCN)NC(=O)[C@@H]1CCCN1C(=O)[C@H](Cc1ccc(O)cc1)NC(=O)[C@H](C)N)C(=O)N[C@@H](CCC(N)=O)C(=O)N[C@@H](CO)C(=O)N[C@@H](CO)C(=O)N[C@H](C=O)CCC(N)=O. The van der Waals surface area contributed by atoms with Crippen LogP contribution in [0, 0.1) is 5.92 Å². The van der Waals surface area contributed by atoms with E-state index in [1.807, 2.05) is 0 Å². The van der Waals surface area contributed by atoms with Gasteiger partial charge in [-0.25, -0.2) is 0 Å². The summed E-state index contributed by atoms with van der Waals surface area (Å²) < 4.78 is 0. The minimum Gasteiger partial charge on any atom is -0.508 e. The fraction of sp³-hybridized carbons (Fsp3) is 0.622. The van der Waals surface area contributed by atoms with Gasteiger partial charge in [-0.15, -0.1) is 0 Å². The van der Waals surface area contributed by atoms with Gasteiger partial charge in [0.15, 0.2) is 0 Å². The van der Waals surface area contributed by atoms with Crippen molar-refractivity contribution in [3.63, 3.8) is 0 Å². The number of benzene rings is 1.